The highest BCUT2D eigenvalue weighted by atomic mass is 32.1. The molecule has 0 bridgehead atoms. The molecule has 0 spiro atoms. The zero-order valence-corrected chi connectivity index (χ0v) is 15.7. The SMILES string of the molecule is NCC(=O)NC(CS)C(=O)NC(CC(N)=O)C(=O)NC(CCC(N)=O)C(=O)O. The number of carboxylic acid groups (broad SMARTS) is 1. The van der Waals surface area contributed by atoms with Crippen molar-refractivity contribution >= 4 is 48.1 Å². The van der Waals surface area contributed by atoms with Gasteiger partial charge in [-0.2, -0.15) is 12.6 Å². The number of aliphatic carboxylic acids is 1. The zero-order valence-electron chi connectivity index (χ0n) is 14.8. The Labute approximate surface area is 165 Å². The van der Waals surface area contributed by atoms with Gasteiger partial charge in [-0.1, -0.05) is 0 Å². The number of carboxylic acids is 1. The molecule has 0 aliphatic rings. The second-order valence-electron chi connectivity index (χ2n) is 5.64. The van der Waals surface area contributed by atoms with E-state index in [1.165, 1.54) is 0 Å². The molecular weight excluding hydrogens is 396 g/mol. The molecule has 0 aromatic rings. The summed E-state index contributed by atoms with van der Waals surface area (Å²) in [5.74, 6) is -5.83. The van der Waals surface area contributed by atoms with Crippen LogP contribution in [-0.2, 0) is 28.8 Å². The van der Waals surface area contributed by atoms with Crippen LogP contribution in [0.15, 0.2) is 0 Å². The molecule has 13 nitrogen and oxygen atoms in total. The summed E-state index contributed by atoms with van der Waals surface area (Å²) in [6, 6.07) is -4.16. The maximum absolute atomic E-state index is 12.3. The number of primary amides is 2. The maximum Gasteiger partial charge on any atom is 0.326 e. The third-order valence-electron chi connectivity index (χ3n) is 3.35. The Morgan fingerprint density at radius 2 is 1.39 bits per heavy atom. The first kappa shape index (κ1) is 25.1. The van der Waals surface area contributed by atoms with Gasteiger partial charge in [0.2, 0.25) is 29.5 Å². The summed E-state index contributed by atoms with van der Waals surface area (Å²) >= 11 is 3.91. The van der Waals surface area contributed by atoms with Crippen LogP contribution in [0.4, 0.5) is 0 Å². The smallest absolute Gasteiger partial charge is 0.326 e. The molecule has 3 unspecified atom stereocenters. The highest BCUT2D eigenvalue weighted by molar-refractivity contribution is 7.80. The van der Waals surface area contributed by atoms with E-state index in [2.05, 4.69) is 28.6 Å². The molecule has 10 N–H and O–H groups in total. The molecule has 3 atom stereocenters. The quantitative estimate of drug-likeness (QED) is 0.135. The molecule has 0 aromatic heterocycles. The summed E-state index contributed by atoms with van der Waals surface area (Å²) in [7, 11) is 0. The number of rotatable bonds is 13. The molecule has 14 heteroatoms. The molecule has 28 heavy (non-hydrogen) atoms. The fourth-order valence-electron chi connectivity index (χ4n) is 1.95. The number of hydrogen-bond acceptors (Lipinski definition) is 8. The van der Waals surface area contributed by atoms with Gasteiger partial charge in [0.15, 0.2) is 0 Å². The van der Waals surface area contributed by atoms with Gasteiger partial charge in [0.05, 0.1) is 13.0 Å². The first-order valence-electron chi connectivity index (χ1n) is 8.02. The number of carbonyl (C=O) groups excluding carboxylic acids is 5. The topological polar surface area (TPSA) is 237 Å². The van der Waals surface area contributed by atoms with E-state index < -0.39 is 60.1 Å². The average molecular weight is 420 g/mol. The summed E-state index contributed by atoms with van der Waals surface area (Å²) in [6.07, 6.45) is -1.24. The van der Waals surface area contributed by atoms with Crippen molar-refractivity contribution in [3.63, 3.8) is 0 Å². The van der Waals surface area contributed by atoms with Crippen molar-refractivity contribution in [2.45, 2.75) is 37.4 Å². The second kappa shape index (κ2) is 12.5. The Bertz CT molecular complexity index is 629. The number of nitrogens with one attached hydrogen (secondary N) is 3. The normalized spacial score (nSPS) is 13.5. The largest absolute Gasteiger partial charge is 0.480 e. The monoisotopic (exact) mass is 420 g/mol. The molecular formula is C14H24N6O7S. The van der Waals surface area contributed by atoms with Crippen LogP contribution in [0.25, 0.3) is 0 Å². The fourth-order valence-corrected chi connectivity index (χ4v) is 2.20. The third kappa shape index (κ3) is 9.72. The van der Waals surface area contributed by atoms with Gasteiger partial charge in [0.1, 0.15) is 18.1 Å². The maximum atomic E-state index is 12.3. The molecule has 0 heterocycles. The second-order valence-corrected chi connectivity index (χ2v) is 6.01. The van der Waals surface area contributed by atoms with Crippen molar-refractivity contribution in [2.75, 3.05) is 12.3 Å². The van der Waals surface area contributed by atoms with Crippen LogP contribution in [0.3, 0.4) is 0 Å². The highest BCUT2D eigenvalue weighted by Crippen LogP contribution is 2.01. The van der Waals surface area contributed by atoms with Gasteiger partial charge in [0.25, 0.3) is 0 Å². The van der Waals surface area contributed by atoms with Crippen LogP contribution in [0.2, 0.25) is 0 Å². The Balaban J connectivity index is 5.21. The lowest BCUT2D eigenvalue weighted by atomic mass is 10.1. The molecule has 0 rings (SSSR count). The fraction of sp³-hybridized carbons (Fsp3) is 0.571. The summed E-state index contributed by atoms with van der Waals surface area (Å²) < 4.78 is 0. The Morgan fingerprint density at radius 3 is 1.82 bits per heavy atom. The lowest BCUT2D eigenvalue weighted by Gasteiger charge is -2.23. The standard InChI is InChI=1S/C14H24N6O7S/c15-4-11(23)18-8(5-28)13(25)20-7(3-10(17)22)12(24)19-6(14(26)27)1-2-9(16)21/h6-8,28H,1-5,15H2,(H2,16,21)(H2,17,22)(H,18,23)(H,19,24)(H,20,25)(H,26,27). The minimum absolute atomic E-state index is 0.140. The number of thiol groups is 1. The number of nitrogens with two attached hydrogens (primary N) is 3. The lowest BCUT2D eigenvalue weighted by Crippen LogP contribution is -2.57. The first-order valence-corrected chi connectivity index (χ1v) is 8.65. The Morgan fingerprint density at radius 1 is 0.857 bits per heavy atom. The summed E-state index contributed by atoms with van der Waals surface area (Å²) in [5, 5.41) is 15.7. The van der Waals surface area contributed by atoms with Crippen molar-refractivity contribution < 1.29 is 33.9 Å². The van der Waals surface area contributed by atoms with Gasteiger partial charge >= 0.3 is 5.97 Å². The molecule has 158 valence electrons. The predicted octanol–water partition coefficient (Wildman–Crippen LogP) is -4.45. The first-order chi connectivity index (χ1) is 13.0. The van der Waals surface area contributed by atoms with Crippen LogP contribution in [-0.4, -0.2) is 71.0 Å². The van der Waals surface area contributed by atoms with Gasteiger partial charge in [-0.05, 0) is 6.42 Å². The molecule has 0 saturated carbocycles. The van der Waals surface area contributed by atoms with Crippen molar-refractivity contribution in [2.24, 2.45) is 17.2 Å². The molecule has 0 radical (unpaired) electrons. The van der Waals surface area contributed by atoms with Gasteiger partial charge in [-0.3, -0.25) is 24.0 Å². The molecule has 5 amide bonds. The molecule has 0 aromatic carbocycles. The summed E-state index contributed by atoms with van der Waals surface area (Å²) in [6.45, 7) is -0.386. The number of carbonyl (C=O) groups is 6. The van der Waals surface area contributed by atoms with E-state index in [0.717, 1.165) is 0 Å². The molecule has 0 saturated heterocycles. The van der Waals surface area contributed by atoms with Gasteiger partial charge in [0, 0.05) is 12.2 Å². The predicted molar refractivity (Wildman–Crippen MR) is 98.6 cm³/mol. The Hall–Kier alpha value is -2.87. The van der Waals surface area contributed by atoms with Crippen LogP contribution < -0.4 is 33.2 Å². The molecule has 0 aliphatic heterocycles. The third-order valence-corrected chi connectivity index (χ3v) is 3.72. The van der Waals surface area contributed by atoms with Crippen LogP contribution in [0, 0.1) is 0 Å². The summed E-state index contributed by atoms with van der Waals surface area (Å²) in [5.41, 5.74) is 15.1. The van der Waals surface area contributed by atoms with Crippen LogP contribution in [0.1, 0.15) is 19.3 Å². The van der Waals surface area contributed by atoms with Crippen LogP contribution >= 0.6 is 12.6 Å². The van der Waals surface area contributed by atoms with E-state index >= 15 is 0 Å². The highest BCUT2D eigenvalue weighted by Gasteiger charge is 2.30. The van der Waals surface area contributed by atoms with E-state index in [4.69, 9.17) is 22.3 Å². The molecule has 0 aliphatic carbocycles. The lowest BCUT2D eigenvalue weighted by molar-refractivity contribution is -0.142. The number of amides is 5. The van der Waals surface area contributed by atoms with Gasteiger partial charge in [-0.15, -0.1) is 0 Å². The zero-order chi connectivity index (χ0) is 21.9. The van der Waals surface area contributed by atoms with Crippen LogP contribution in [0.5, 0.6) is 0 Å². The van der Waals surface area contributed by atoms with E-state index in [-0.39, 0.29) is 25.1 Å². The van der Waals surface area contributed by atoms with E-state index in [1.807, 2.05) is 0 Å². The van der Waals surface area contributed by atoms with E-state index in [1.54, 1.807) is 0 Å². The van der Waals surface area contributed by atoms with Crippen molar-refractivity contribution in [3.05, 3.63) is 0 Å². The van der Waals surface area contributed by atoms with E-state index in [9.17, 15) is 28.8 Å². The minimum atomic E-state index is -1.52. The van der Waals surface area contributed by atoms with Crippen molar-refractivity contribution in [1.29, 1.82) is 0 Å². The number of hydrogen-bond donors (Lipinski definition) is 8. The van der Waals surface area contributed by atoms with Crippen molar-refractivity contribution in [3.8, 4) is 0 Å². The van der Waals surface area contributed by atoms with Crippen molar-refractivity contribution in [1.82, 2.24) is 16.0 Å². The Kier molecular flexibility index (Phi) is 11.2. The van der Waals surface area contributed by atoms with E-state index in [0.29, 0.717) is 0 Å². The van der Waals surface area contributed by atoms with Gasteiger partial charge in [-0.25, -0.2) is 4.79 Å². The molecule has 0 fully saturated rings. The summed E-state index contributed by atoms with van der Waals surface area (Å²) in [4.78, 5) is 69.1. The van der Waals surface area contributed by atoms with Gasteiger partial charge < -0.3 is 38.3 Å². The minimum Gasteiger partial charge on any atom is -0.480 e. The average Bonchev–Trinajstić information content (AvgIpc) is 2.60.